The third-order valence-corrected chi connectivity index (χ3v) is 5.44. The molecule has 0 bridgehead atoms. The first-order valence-corrected chi connectivity index (χ1v) is 11.1. The molecular weight excluding hydrogens is 452 g/mol. The van der Waals surface area contributed by atoms with Crippen LogP contribution >= 0.6 is 11.6 Å². The Morgan fingerprint density at radius 2 is 1.65 bits per heavy atom. The number of carbonyl (C=O) groups is 2. The van der Waals surface area contributed by atoms with E-state index in [4.69, 9.17) is 16.3 Å². The molecule has 7 nitrogen and oxygen atoms in total. The molecule has 0 radical (unpaired) electrons. The first-order chi connectivity index (χ1) is 16.4. The third kappa shape index (κ3) is 5.32. The van der Waals surface area contributed by atoms with E-state index < -0.39 is 12.6 Å². The molecule has 0 atom stereocenters. The molecule has 0 aliphatic heterocycles. The van der Waals surface area contributed by atoms with Crippen molar-refractivity contribution in [3.8, 4) is 5.82 Å². The molecule has 2 heterocycles. The van der Waals surface area contributed by atoms with Gasteiger partial charge in [-0.05, 0) is 49.7 Å². The standard InChI is InChI=1S/C26H23ClN4O3/c1-18-15-19(2)31(29-18)23-14-13-22(27)25(28-23)26(33)34-17-24(32)30(21-11-7-4-8-12-21)16-20-9-5-3-6-10-20/h3-15H,16-17H2,1-2H3. The number of benzene rings is 2. The SMILES string of the molecule is Cc1cc(C)n(-c2ccc(Cl)c(C(=O)OCC(=O)N(Cc3ccccc3)c3ccccc3)n2)n1. The predicted molar refractivity (Wildman–Crippen MR) is 130 cm³/mol. The van der Waals surface area contributed by atoms with Crippen LogP contribution in [0.1, 0.15) is 27.4 Å². The van der Waals surface area contributed by atoms with Gasteiger partial charge >= 0.3 is 5.97 Å². The molecule has 0 unspecified atom stereocenters. The number of aryl methyl sites for hydroxylation is 2. The smallest absolute Gasteiger partial charge is 0.359 e. The minimum absolute atomic E-state index is 0.0751. The van der Waals surface area contributed by atoms with Gasteiger partial charge in [-0.2, -0.15) is 5.10 Å². The third-order valence-electron chi connectivity index (χ3n) is 5.13. The number of hydrogen-bond donors (Lipinski definition) is 0. The van der Waals surface area contributed by atoms with Crippen LogP contribution in [0.2, 0.25) is 5.02 Å². The van der Waals surface area contributed by atoms with Crippen LogP contribution in [0.25, 0.3) is 5.82 Å². The van der Waals surface area contributed by atoms with Gasteiger partial charge in [-0.3, -0.25) is 4.79 Å². The van der Waals surface area contributed by atoms with E-state index in [-0.39, 0.29) is 16.6 Å². The van der Waals surface area contributed by atoms with Gasteiger partial charge in [0.25, 0.3) is 5.91 Å². The normalized spacial score (nSPS) is 10.7. The molecular formula is C26H23ClN4O3. The van der Waals surface area contributed by atoms with E-state index in [0.29, 0.717) is 18.1 Å². The zero-order valence-corrected chi connectivity index (χ0v) is 19.6. The fourth-order valence-electron chi connectivity index (χ4n) is 3.52. The molecule has 0 saturated carbocycles. The van der Waals surface area contributed by atoms with Crippen LogP contribution in [-0.2, 0) is 16.1 Å². The summed E-state index contributed by atoms with van der Waals surface area (Å²) in [5.74, 6) is -0.716. The quantitative estimate of drug-likeness (QED) is 0.355. The molecule has 0 saturated heterocycles. The molecule has 0 fully saturated rings. The van der Waals surface area contributed by atoms with Crippen LogP contribution in [0.15, 0.2) is 78.9 Å². The Hall–Kier alpha value is -3.97. The van der Waals surface area contributed by atoms with Gasteiger partial charge in [-0.25, -0.2) is 14.5 Å². The summed E-state index contributed by atoms with van der Waals surface area (Å²) in [6.07, 6.45) is 0. The van der Waals surface area contributed by atoms with Gasteiger partial charge in [-0.15, -0.1) is 0 Å². The molecule has 1 amide bonds. The topological polar surface area (TPSA) is 77.3 Å². The first kappa shape index (κ1) is 23.2. The summed E-state index contributed by atoms with van der Waals surface area (Å²) in [6.45, 7) is 3.64. The number of anilines is 1. The molecule has 0 aliphatic carbocycles. The number of halogens is 1. The Balaban J connectivity index is 1.51. The van der Waals surface area contributed by atoms with Crippen molar-refractivity contribution in [1.82, 2.24) is 14.8 Å². The summed E-state index contributed by atoms with van der Waals surface area (Å²) in [7, 11) is 0. The van der Waals surface area contributed by atoms with E-state index in [1.54, 1.807) is 21.7 Å². The molecule has 172 valence electrons. The Bertz CT molecular complexity index is 1310. The lowest BCUT2D eigenvalue weighted by atomic mass is 10.2. The highest BCUT2D eigenvalue weighted by Gasteiger charge is 2.21. The first-order valence-electron chi connectivity index (χ1n) is 10.7. The van der Waals surface area contributed by atoms with Crippen molar-refractivity contribution in [3.63, 3.8) is 0 Å². The van der Waals surface area contributed by atoms with Gasteiger partial charge < -0.3 is 9.64 Å². The van der Waals surface area contributed by atoms with E-state index >= 15 is 0 Å². The second kappa shape index (κ2) is 10.3. The van der Waals surface area contributed by atoms with Gasteiger partial charge in [0.1, 0.15) is 0 Å². The van der Waals surface area contributed by atoms with Crippen molar-refractivity contribution in [3.05, 3.63) is 107 Å². The van der Waals surface area contributed by atoms with E-state index in [1.165, 1.54) is 0 Å². The maximum absolute atomic E-state index is 13.1. The molecule has 0 N–H and O–H groups in total. The van der Waals surface area contributed by atoms with E-state index in [2.05, 4.69) is 10.1 Å². The lowest BCUT2D eigenvalue weighted by molar-refractivity contribution is -0.121. The van der Waals surface area contributed by atoms with Gasteiger partial charge in [-0.1, -0.05) is 60.1 Å². The lowest BCUT2D eigenvalue weighted by Gasteiger charge is -2.23. The second-order valence-corrected chi connectivity index (χ2v) is 8.12. The van der Waals surface area contributed by atoms with Crippen LogP contribution in [0.4, 0.5) is 5.69 Å². The van der Waals surface area contributed by atoms with E-state index in [1.807, 2.05) is 80.6 Å². The van der Waals surface area contributed by atoms with Crippen molar-refractivity contribution >= 4 is 29.2 Å². The number of ether oxygens (including phenoxy) is 1. The molecule has 34 heavy (non-hydrogen) atoms. The van der Waals surface area contributed by atoms with E-state index in [0.717, 1.165) is 17.0 Å². The maximum Gasteiger partial charge on any atom is 0.359 e. The van der Waals surface area contributed by atoms with Crippen molar-refractivity contribution in [1.29, 1.82) is 0 Å². The fraction of sp³-hybridized carbons (Fsp3) is 0.154. The fourth-order valence-corrected chi connectivity index (χ4v) is 3.71. The van der Waals surface area contributed by atoms with Crippen molar-refractivity contribution in [2.24, 2.45) is 0 Å². The summed E-state index contributed by atoms with van der Waals surface area (Å²) < 4.78 is 6.95. The summed E-state index contributed by atoms with van der Waals surface area (Å²) >= 11 is 6.22. The van der Waals surface area contributed by atoms with Crippen LogP contribution in [0, 0.1) is 13.8 Å². The van der Waals surface area contributed by atoms with Crippen LogP contribution in [-0.4, -0.2) is 33.2 Å². The van der Waals surface area contributed by atoms with E-state index in [9.17, 15) is 9.59 Å². The number of para-hydroxylation sites is 1. The Morgan fingerprint density at radius 3 is 2.29 bits per heavy atom. The molecule has 0 spiro atoms. The predicted octanol–water partition coefficient (Wildman–Crippen LogP) is 4.93. The molecule has 2 aromatic heterocycles. The summed E-state index contributed by atoms with van der Waals surface area (Å²) in [5, 5.41) is 4.51. The Morgan fingerprint density at radius 1 is 0.971 bits per heavy atom. The van der Waals surface area contributed by atoms with Gasteiger partial charge in [0.2, 0.25) is 0 Å². The number of aromatic nitrogens is 3. The Kier molecular flexibility index (Phi) is 7.04. The summed E-state index contributed by atoms with van der Waals surface area (Å²) in [5.41, 5.74) is 3.27. The van der Waals surface area contributed by atoms with Crippen LogP contribution < -0.4 is 4.90 Å². The highest BCUT2D eigenvalue weighted by molar-refractivity contribution is 6.33. The average molecular weight is 475 g/mol. The van der Waals surface area contributed by atoms with Crippen molar-refractivity contribution < 1.29 is 14.3 Å². The number of carbonyl (C=O) groups excluding carboxylic acids is 2. The monoisotopic (exact) mass is 474 g/mol. The number of amides is 1. The molecule has 4 aromatic rings. The van der Waals surface area contributed by atoms with Gasteiger partial charge in [0, 0.05) is 11.4 Å². The zero-order chi connectivity index (χ0) is 24.1. The highest BCUT2D eigenvalue weighted by Crippen LogP contribution is 2.20. The molecule has 0 aliphatic rings. The minimum Gasteiger partial charge on any atom is -0.451 e. The van der Waals surface area contributed by atoms with Crippen LogP contribution in [0.3, 0.4) is 0 Å². The summed E-state index contributed by atoms with van der Waals surface area (Å²) in [6, 6.07) is 24.0. The molecule has 2 aromatic carbocycles. The molecule has 8 heteroatoms. The average Bonchev–Trinajstić information content (AvgIpc) is 3.20. The van der Waals surface area contributed by atoms with Crippen LogP contribution in [0.5, 0.6) is 0 Å². The summed E-state index contributed by atoms with van der Waals surface area (Å²) in [4.78, 5) is 31.8. The number of rotatable bonds is 7. The zero-order valence-electron chi connectivity index (χ0n) is 18.8. The molecule has 4 rings (SSSR count). The minimum atomic E-state index is -0.783. The van der Waals surface area contributed by atoms with Crippen molar-refractivity contribution in [2.45, 2.75) is 20.4 Å². The van der Waals surface area contributed by atoms with Crippen molar-refractivity contribution in [2.75, 3.05) is 11.5 Å². The van der Waals surface area contributed by atoms with Gasteiger partial charge in [0.15, 0.2) is 18.1 Å². The van der Waals surface area contributed by atoms with Gasteiger partial charge in [0.05, 0.1) is 17.3 Å². The number of esters is 1. The number of hydrogen-bond acceptors (Lipinski definition) is 5. The largest absolute Gasteiger partial charge is 0.451 e. The second-order valence-electron chi connectivity index (χ2n) is 7.72. The Labute approximate surface area is 202 Å². The number of pyridine rings is 1. The lowest BCUT2D eigenvalue weighted by Crippen LogP contribution is -2.34. The maximum atomic E-state index is 13.1. The highest BCUT2D eigenvalue weighted by atomic mass is 35.5. The number of nitrogens with zero attached hydrogens (tertiary/aromatic N) is 4.